The number of pyridine rings is 2. The van der Waals surface area contributed by atoms with E-state index in [-0.39, 0.29) is 51.3 Å². The first kappa shape index (κ1) is 22.6. The molecule has 2 aliphatic carbocycles. The Labute approximate surface area is 178 Å². The van der Waals surface area contributed by atoms with Crippen LogP contribution in [-0.4, -0.2) is 43.5 Å². The molecule has 0 bridgehead atoms. The van der Waals surface area contributed by atoms with E-state index in [1.807, 2.05) is 12.1 Å². The summed E-state index contributed by atoms with van der Waals surface area (Å²) in [4.78, 5) is 19.2. The molecule has 0 aromatic carbocycles. The van der Waals surface area contributed by atoms with Crippen LogP contribution >= 0.6 is 0 Å². The van der Waals surface area contributed by atoms with Gasteiger partial charge in [0.05, 0.1) is 20.3 Å². The number of Topliss-reactive ketones (excluding diaryl/α,β-unsaturated/α-hetero) is 1. The van der Waals surface area contributed by atoms with Gasteiger partial charge >= 0.3 is 29.6 Å². The van der Waals surface area contributed by atoms with E-state index in [0.717, 1.165) is 41.5 Å². The molecule has 26 heavy (non-hydrogen) atoms. The Hall–Kier alpha value is -1.41. The second-order valence-electron chi connectivity index (χ2n) is 5.79. The van der Waals surface area contributed by atoms with Crippen LogP contribution in [0.1, 0.15) is 47.4 Å². The molecule has 0 aliphatic heterocycles. The first-order valence-corrected chi connectivity index (χ1v) is 7.89. The summed E-state index contributed by atoms with van der Waals surface area (Å²) < 4.78 is 9.93. The fourth-order valence-electron chi connectivity index (χ4n) is 2.99. The SMILES string of the molecule is COc1cc2c(cn1)C(=O)CC2.COc1cc2c(cn1)C(O)CC2.[B].[H-].[Na+]. The summed E-state index contributed by atoms with van der Waals surface area (Å²) in [7, 11) is 3.17. The molecule has 8 heteroatoms. The molecule has 1 N–H and O–H groups in total. The third-order valence-corrected chi connectivity index (χ3v) is 4.35. The summed E-state index contributed by atoms with van der Waals surface area (Å²) in [5, 5.41) is 9.46. The molecular weight excluding hydrogens is 342 g/mol. The van der Waals surface area contributed by atoms with Gasteiger partial charge in [-0.2, -0.15) is 0 Å². The van der Waals surface area contributed by atoms with Gasteiger partial charge in [-0.1, -0.05) is 0 Å². The van der Waals surface area contributed by atoms with E-state index in [1.54, 1.807) is 26.6 Å². The van der Waals surface area contributed by atoms with Crippen molar-refractivity contribution in [2.24, 2.45) is 0 Å². The Morgan fingerprint density at radius 1 is 1.04 bits per heavy atom. The molecule has 131 valence electrons. The van der Waals surface area contributed by atoms with E-state index >= 15 is 0 Å². The van der Waals surface area contributed by atoms with Crippen LogP contribution in [0.2, 0.25) is 0 Å². The molecule has 2 heterocycles. The summed E-state index contributed by atoms with van der Waals surface area (Å²) in [5.41, 5.74) is 3.94. The monoisotopic (exact) mass is 363 g/mol. The summed E-state index contributed by atoms with van der Waals surface area (Å²) in [6.45, 7) is 0. The quantitative estimate of drug-likeness (QED) is 0.692. The number of carbonyl (C=O) groups is 1. The van der Waals surface area contributed by atoms with Crippen molar-refractivity contribution in [3.05, 3.63) is 46.8 Å². The van der Waals surface area contributed by atoms with Gasteiger partial charge in [-0.3, -0.25) is 4.79 Å². The summed E-state index contributed by atoms with van der Waals surface area (Å²) >= 11 is 0. The van der Waals surface area contributed by atoms with Crippen molar-refractivity contribution in [1.29, 1.82) is 0 Å². The Balaban J connectivity index is 0.000000451. The molecule has 2 aliphatic rings. The van der Waals surface area contributed by atoms with Crippen LogP contribution in [-0.2, 0) is 12.8 Å². The van der Waals surface area contributed by atoms with E-state index in [4.69, 9.17) is 9.47 Å². The van der Waals surface area contributed by atoms with Crippen molar-refractivity contribution < 1.29 is 50.4 Å². The smallest absolute Gasteiger partial charge is 1.00 e. The maximum atomic E-state index is 11.2. The number of aliphatic hydroxyl groups is 1. The normalized spacial score (nSPS) is 16.3. The van der Waals surface area contributed by atoms with Gasteiger partial charge in [-0.15, -0.1) is 0 Å². The van der Waals surface area contributed by atoms with Gasteiger partial charge < -0.3 is 16.0 Å². The molecule has 0 spiro atoms. The van der Waals surface area contributed by atoms with Gasteiger partial charge in [0.15, 0.2) is 5.78 Å². The maximum absolute atomic E-state index is 11.2. The molecule has 0 amide bonds. The molecule has 1 atom stereocenters. The fraction of sp³-hybridized carbons (Fsp3) is 0.389. The van der Waals surface area contributed by atoms with E-state index in [9.17, 15) is 9.90 Å². The number of hydrogen-bond donors (Lipinski definition) is 1. The second-order valence-corrected chi connectivity index (χ2v) is 5.79. The maximum Gasteiger partial charge on any atom is 1.00 e. The zero-order valence-corrected chi connectivity index (χ0v) is 17.4. The average Bonchev–Trinajstić information content (AvgIpc) is 3.18. The zero-order valence-electron chi connectivity index (χ0n) is 16.4. The van der Waals surface area contributed by atoms with Crippen molar-refractivity contribution in [3.63, 3.8) is 0 Å². The van der Waals surface area contributed by atoms with Crippen LogP contribution in [0.25, 0.3) is 0 Å². The number of carbonyl (C=O) groups excluding carboxylic acids is 1. The molecule has 4 rings (SSSR count). The topological polar surface area (TPSA) is 81.5 Å². The molecule has 2 aromatic rings. The van der Waals surface area contributed by atoms with E-state index in [0.29, 0.717) is 18.2 Å². The molecule has 3 radical (unpaired) electrons. The molecule has 0 saturated heterocycles. The van der Waals surface area contributed by atoms with Crippen LogP contribution < -0.4 is 39.0 Å². The number of aliphatic hydroxyl groups excluding tert-OH is 1. The largest absolute Gasteiger partial charge is 1.00 e. The van der Waals surface area contributed by atoms with Gasteiger partial charge in [0.1, 0.15) is 0 Å². The molecular formula is C18H21BN2NaO4. The standard InChI is InChI=1S/C9H11NO2.C9H9NO2.B.Na.H/c2*1-12-9-4-6-2-3-8(11)7(6)5-10-9;;;/h4-5,8,11H,2-3H2,1H3;4-5H,2-3H2,1H3;;;/q;;;+1;-1. The Morgan fingerprint density at radius 2 is 1.65 bits per heavy atom. The van der Waals surface area contributed by atoms with Crippen molar-refractivity contribution in [3.8, 4) is 11.8 Å². The molecule has 1 unspecified atom stereocenters. The van der Waals surface area contributed by atoms with Gasteiger partial charge in [0.25, 0.3) is 0 Å². The number of hydrogen-bond acceptors (Lipinski definition) is 6. The number of methoxy groups -OCH3 is 2. The number of rotatable bonds is 2. The number of ketones is 1. The van der Waals surface area contributed by atoms with Crippen molar-refractivity contribution in [1.82, 2.24) is 9.97 Å². The Kier molecular flexibility index (Phi) is 8.76. The minimum Gasteiger partial charge on any atom is -1.00 e. The first-order chi connectivity index (χ1) is 11.6. The molecule has 0 fully saturated rings. The van der Waals surface area contributed by atoms with Crippen LogP contribution in [0.5, 0.6) is 11.8 Å². The van der Waals surface area contributed by atoms with Gasteiger partial charge in [-0.05, 0) is 30.4 Å². The summed E-state index contributed by atoms with van der Waals surface area (Å²) in [5.74, 6) is 1.41. The van der Waals surface area contributed by atoms with Crippen LogP contribution in [0, 0.1) is 0 Å². The predicted octanol–water partition coefficient (Wildman–Crippen LogP) is -0.975. The molecule has 2 aromatic heterocycles. The first-order valence-electron chi connectivity index (χ1n) is 7.89. The number of aromatic nitrogens is 2. The van der Waals surface area contributed by atoms with E-state index in [2.05, 4.69) is 9.97 Å². The van der Waals surface area contributed by atoms with Crippen molar-refractivity contribution in [2.75, 3.05) is 14.2 Å². The summed E-state index contributed by atoms with van der Waals surface area (Å²) in [6.07, 6.45) is 6.16. The zero-order chi connectivity index (χ0) is 17.1. The predicted molar refractivity (Wildman–Crippen MR) is 94.4 cm³/mol. The number of fused-ring (bicyclic) bond motifs is 2. The van der Waals surface area contributed by atoms with Gasteiger partial charge in [0, 0.05) is 50.5 Å². The minimum atomic E-state index is -0.321. The van der Waals surface area contributed by atoms with Crippen LogP contribution in [0.3, 0.4) is 0 Å². The molecule has 6 nitrogen and oxygen atoms in total. The number of nitrogens with zero attached hydrogens (tertiary/aromatic N) is 2. The summed E-state index contributed by atoms with van der Waals surface area (Å²) in [6, 6.07) is 3.73. The Morgan fingerprint density at radius 3 is 2.31 bits per heavy atom. The third-order valence-electron chi connectivity index (χ3n) is 4.35. The van der Waals surface area contributed by atoms with Crippen molar-refractivity contribution in [2.45, 2.75) is 31.8 Å². The third kappa shape index (κ3) is 4.85. The second kappa shape index (κ2) is 10.1. The van der Waals surface area contributed by atoms with E-state index in [1.165, 1.54) is 0 Å². The molecule has 0 saturated carbocycles. The fourth-order valence-corrected chi connectivity index (χ4v) is 2.99. The minimum absolute atomic E-state index is 0. The number of aryl methyl sites for hydroxylation is 2. The van der Waals surface area contributed by atoms with Gasteiger partial charge in [-0.25, -0.2) is 9.97 Å². The van der Waals surface area contributed by atoms with Gasteiger partial charge in [0.2, 0.25) is 11.8 Å². The van der Waals surface area contributed by atoms with Crippen LogP contribution in [0.4, 0.5) is 0 Å². The average molecular weight is 363 g/mol. The Bertz CT molecular complexity index is 779. The van der Waals surface area contributed by atoms with Crippen LogP contribution in [0.15, 0.2) is 24.5 Å². The number of ether oxygens (including phenoxy) is 2. The van der Waals surface area contributed by atoms with Crippen molar-refractivity contribution >= 4 is 14.2 Å². The van der Waals surface area contributed by atoms with E-state index < -0.39 is 0 Å².